The van der Waals surface area contributed by atoms with Gasteiger partial charge in [-0.05, 0) is 58.6 Å². The van der Waals surface area contributed by atoms with Crippen molar-refractivity contribution < 1.29 is 14.6 Å². The van der Waals surface area contributed by atoms with E-state index in [4.69, 9.17) is 4.74 Å². The summed E-state index contributed by atoms with van der Waals surface area (Å²) in [6.07, 6.45) is 1.06. The number of hydrogen-bond donors (Lipinski definition) is 2. The molecule has 0 aliphatic heterocycles. The lowest BCUT2D eigenvalue weighted by molar-refractivity contribution is 0.0461. The highest BCUT2D eigenvalue weighted by molar-refractivity contribution is 5.67. The molecule has 4 nitrogen and oxygen atoms in total. The zero-order chi connectivity index (χ0) is 17.7. The van der Waals surface area contributed by atoms with Crippen molar-refractivity contribution in [2.75, 3.05) is 13.2 Å². The third-order valence-corrected chi connectivity index (χ3v) is 4.16. The summed E-state index contributed by atoms with van der Waals surface area (Å²) in [6, 6.07) is 6.34. The van der Waals surface area contributed by atoms with E-state index in [1.807, 2.05) is 27.7 Å². The maximum Gasteiger partial charge on any atom is 0.407 e. The van der Waals surface area contributed by atoms with E-state index >= 15 is 0 Å². The van der Waals surface area contributed by atoms with Gasteiger partial charge in [0.05, 0.1) is 6.61 Å². The molecule has 0 aromatic heterocycles. The van der Waals surface area contributed by atoms with E-state index < -0.39 is 11.7 Å². The Morgan fingerprint density at radius 3 is 2.43 bits per heavy atom. The highest BCUT2D eigenvalue weighted by Crippen LogP contribution is 2.28. The zero-order valence-corrected chi connectivity index (χ0v) is 15.3. The predicted molar refractivity (Wildman–Crippen MR) is 93.7 cm³/mol. The first kappa shape index (κ1) is 19.5. The van der Waals surface area contributed by atoms with Crippen LogP contribution in [-0.2, 0) is 11.2 Å². The molecule has 0 aliphatic carbocycles. The molecule has 0 radical (unpaired) electrons. The maximum atomic E-state index is 11.9. The molecule has 130 valence electrons. The predicted octanol–water partition coefficient (Wildman–Crippen LogP) is 3.76. The largest absolute Gasteiger partial charge is 0.444 e. The van der Waals surface area contributed by atoms with Crippen LogP contribution in [0, 0.1) is 19.3 Å². The topological polar surface area (TPSA) is 58.6 Å². The van der Waals surface area contributed by atoms with Crippen LogP contribution in [0.2, 0.25) is 0 Å². The number of hydrogen-bond acceptors (Lipinski definition) is 3. The number of amides is 1. The quantitative estimate of drug-likeness (QED) is 0.839. The Balaban J connectivity index is 2.82. The summed E-state index contributed by atoms with van der Waals surface area (Å²) in [5.41, 5.74) is 2.72. The first-order chi connectivity index (χ1) is 10.6. The average Bonchev–Trinajstić information content (AvgIpc) is 2.45. The molecule has 1 aromatic rings. The summed E-state index contributed by atoms with van der Waals surface area (Å²) >= 11 is 0. The molecule has 0 saturated carbocycles. The van der Waals surface area contributed by atoms with E-state index in [0.29, 0.717) is 6.54 Å². The van der Waals surface area contributed by atoms with Crippen molar-refractivity contribution in [3.05, 3.63) is 34.9 Å². The van der Waals surface area contributed by atoms with Crippen molar-refractivity contribution in [1.29, 1.82) is 0 Å². The molecule has 0 aliphatic rings. The van der Waals surface area contributed by atoms with Gasteiger partial charge in [0.1, 0.15) is 5.60 Å². The van der Waals surface area contributed by atoms with Crippen molar-refractivity contribution in [2.24, 2.45) is 5.41 Å². The summed E-state index contributed by atoms with van der Waals surface area (Å²) < 4.78 is 5.28. The molecular weight excluding hydrogens is 290 g/mol. The van der Waals surface area contributed by atoms with Gasteiger partial charge in [0, 0.05) is 12.0 Å². The second-order valence-electron chi connectivity index (χ2n) is 7.47. The van der Waals surface area contributed by atoms with Crippen molar-refractivity contribution in [1.82, 2.24) is 5.32 Å². The fourth-order valence-electron chi connectivity index (χ4n) is 2.50. The average molecular weight is 321 g/mol. The van der Waals surface area contributed by atoms with E-state index in [-0.39, 0.29) is 12.0 Å². The molecule has 1 amide bonds. The summed E-state index contributed by atoms with van der Waals surface area (Å²) in [6.45, 7) is 12.1. The van der Waals surface area contributed by atoms with Crippen LogP contribution in [0.5, 0.6) is 0 Å². The summed E-state index contributed by atoms with van der Waals surface area (Å²) in [4.78, 5) is 11.9. The third-order valence-electron chi connectivity index (χ3n) is 4.16. The van der Waals surface area contributed by atoms with E-state index in [1.54, 1.807) is 0 Å². The van der Waals surface area contributed by atoms with Crippen LogP contribution in [-0.4, -0.2) is 30.0 Å². The standard InChI is InChI=1S/C19H31NO3/c1-7-19(13-21,12-20-17(22)23-18(4,5)6)11-16-10-14(2)8-9-15(16)3/h8-10,21H,7,11-13H2,1-6H3,(H,20,22). The van der Waals surface area contributed by atoms with E-state index in [2.05, 4.69) is 37.4 Å². The third kappa shape index (κ3) is 6.22. The van der Waals surface area contributed by atoms with Gasteiger partial charge in [-0.15, -0.1) is 0 Å². The van der Waals surface area contributed by atoms with Crippen molar-refractivity contribution in [3.8, 4) is 0 Å². The first-order valence-corrected chi connectivity index (χ1v) is 8.25. The van der Waals surface area contributed by atoms with Gasteiger partial charge < -0.3 is 15.2 Å². The highest BCUT2D eigenvalue weighted by atomic mass is 16.6. The Hall–Kier alpha value is -1.55. The molecule has 0 saturated heterocycles. The van der Waals surface area contributed by atoms with Crippen LogP contribution in [0.3, 0.4) is 0 Å². The Morgan fingerprint density at radius 1 is 1.26 bits per heavy atom. The molecular formula is C19H31NO3. The SMILES string of the molecule is CCC(CO)(CNC(=O)OC(C)(C)C)Cc1cc(C)ccc1C. The van der Waals surface area contributed by atoms with E-state index in [0.717, 1.165) is 12.8 Å². The number of alkyl carbamates (subject to hydrolysis) is 1. The Bertz CT molecular complexity index is 528. The molecule has 1 atom stereocenters. The summed E-state index contributed by atoms with van der Waals surface area (Å²) in [5, 5.41) is 12.8. The van der Waals surface area contributed by atoms with Crippen molar-refractivity contribution in [3.63, 3.8) is 0 Å². The lowest BCUT2D eigenvalue weighted by Crippen LogP contribution is -2.43. The van der Waals surface area contributed by atoms with E-state index in [1.165, 1.54) is 16.7 Å². The van der Waals surface area contributed by atoms with Crippen LogP contribution in [0.25, 0.3) is 0 Å². The Morgan fingerprint density at radius 2 is 1.91 bits per heavy atom. The Labute approximate surface area is 140 Å². The zero-order valence-electron chi connectivity index (χ0n) is 15.3. The molecule has 1 rings (SSSR count). The number of aliphatic hydroxyl groups excluding tert-OH is 1. The van der Waals surface area contributed by atoms with Gasteiger partial charge in [-0.25, -0.2) is 4.79 Å². The number of carbonyl (C=O) groups is 1. The lowest BCUT2D eigenvalue weighted by atomic mass is 9.78. The van der Waals surface area contributed by atoms with Crippen LogP contribution in [0.15, 0.2) is 18.2 Å². The molecule has 0 spiro atoms. The minimum atomic E-state index is -0.523. The molecule has 0 bridgehead atoms. The highest BCUT2D eigenvalue weighted by Gasteiger charge is 2.30. The number of ether oxygens (including phenoxy) is 1. The molecule has 2 N–H and O–H groups in total. The number of carbonyl (C=O) groups excluding carboxylic acids is 1. The smallest absolute Gasteiger partial charge is 0.407 e. The van der Waals surface area contributed by atoms with Gasteiger partial charge in [-0.1, -0.05) is 30.7 Å². The fourth-order valence-corrected chi connectivity index (χ4v) is 2.50. The number of rotatable bonds is 6. The molecule has 1 aromatic carbocycles. The van der Waals surface area contributed by atoms with Gasteiger partial charge in [-0.2, -0.15) is 0 Å². The van der Waals surface area contributed by atoms with Crippen LogP contribution >= 0.6 is 0 Å². The summed E-state index contributed by atoms with van der Waals surface area (Å²) in [7, 11) is 0. The van der Waals surface area contributed by atoms with E-state index in [9.17, 15) is 9.90 Å². The molecule has 0 heterocycles. The second kappa shape index (κ2) is 7.82. The second-order valence-corrected chi connectivity index (χ2v) is 7.47. The molecule has 0 fully saturated rings. The number of nitrogens with one attached hydrogen (secondary N) is 1. The number of benzene rings is 1. The number of aliphatic hydroxyl groups is 1. The number of aryl methyl sites for hydroxylation is 2. The van der Waals surface area contributed by atoms with Crippen LogP contribution in [0.4, 0.5) is 4.79 Å². The lowest BCUT2D eigenvalue weighted by Gasteiger charge is -2.32. The minimum Gasteiger partial charge on any atom is -0.444 e. The molecule has 4 heteroatoms. The normalized spacial score (nSPS) is 14.2. The first-order valence-electron chi connectivity index (χ1n) is 8.25. The maximum absolute atomic E-state index is 11.9. The molecule has 23 heavy (non-hydrogen) atoms. The monoisotopic (exact) mass is 321 g/mol. The fraction of sp³-hybridized carbons (Fsp3) is 0.632. The minimum absolute atomic E-state index is 0.0205. The van der Waals surface area contributed by atoms with Gasteiger partial charge in [0.2, 0.25) is 0 Å². The van der Waals surface area contributed by atoms with Crippen molar-refractivity contribution in [2.45, 2.75) is 60.0 Å². The van der Waals surface area contributed by atoms with Crippen LogP contribution in [0.1, 0.15) is 50.8 Å². The van der Waals surface area contributed by atoms with Crippen molar-refractivity contribution >= 4 is 6.09 Å². The van der Waals surface area contributed by atoms with Gasteiger partial charge in [-0.3, -0.25) is 0 Å². The molecule has 1 unspecified atom stereocenters. The van der Waals surface area contributed by atoms with Gasteiger partial charge >= 0.3 is 6.09 Å². The van der Waals surface area contributed by atoms with Gasteiger partial charge in [0.25, 0.3) is 0 Å². The van der Waals surface area contributed by atoms with Gasteiger partial charge in [0.15, 0.2) is 0 Å². The summed E-state index contributed by atoms with van der Waals surface area (Å²) in [5.74, 6) is 0. The van der Waals surface area contributed by atoms with Crippen LogP contribution < -0.4 is 5.32 Å². The Kier molecular flexibility index (Phi) is 6.63.